The van der Waals surface area contributed by atoms with E-state index in [9.17, 15) is 14.0 Å². The summed E-state index contributed by atoms with van der Waals surface area (Å²) >= 11 is 1.66. The molecule has 0 aliphatic carbocycles. The smallest absolute Gasteiger partial charge is 0.220 e. The molecule has 1 atom stereocenters. The molecule has 0 bridgehead atoms. The van der Waals surface area contributed by atoms with Crippen LogP contribution in [-0.2, 0) is 4.79 Å². The van der Waals surface area contributed by atoms with E-state index in [-0.39, 0.29) is 36.4 Å². The van der Waals surface area contributed by atoms with Crippen LogP contribution in [0.1, 0.15) is 47.6 Å². The lowest BCUT2D eigenvalue weighted by molar-refractivity contribution is -0.121. The van der Waals surface area contributed by atoms with Crippen LogP contribution in [0.4, 0.5) is 4.39 Å². The Kier molecular flexibility index (Phi) is 6.04. The van der Waals surface area contributed by atoms with Crippen LogP contribution in [0.3, 0.4) is 0 Å². The number of Topliss-reactive ketones (excluding diaryl/α,β-unsaturated/α-hetero) is 1. The predicted octanol–water partition coefficient (Wildman–Crippen LogP) is 4.30. The van der Waals surface area contributed by atoms with Crippen molar-refractivity contribution in [3.05, 3.63) is 53.3 Å². The lowest BCUT2D eigenvalue weighted by Gasteiger charge is -2.26. The minimum Gasteiger partial charge on any atom is -0.490 e. The first-order valence-corrected chi connectivity index (χ1v) is 10.7. The zero-order chi connectivity index (χ0) is 20.2. The molecule has 1 amide bonds. The lowest BCUT2D eigenvalue weighted by Crippen LogP contribution is -2.31. The number of ether oxygens (including phenoxy) is 2. The topological polar surface area (TPSA) is 64.6 Å². The highest BCUT2D eigenvalue weighted by molar-refractivity contribution is 7.99. The van der Waals surface area contributed by atoms with Crippen LogP contribution in [-0.4, -0.2) is 30.7 Å². The molecule has 1 N–H and O–H groups in total. The van der Waals surface area contributed by atoms with E-state index in [0.29, 0.717) is 30.3 Å². The SMILES string of the molecule is O=C(CCC(=O)c1ccc2c(c1)OCCCO2)NC1CCSc2ccc(F)cc21. The van der Waals surface area contributed by atoms with Crippen molar-refractivity contribution in [2.24, 2.45) is 0 Å². The lowest BCUT2D eigenvalue weighted by atomic mass is 10.0. The maximum atomic E-state index is 13.6. The summed E-state index contributed by atoms with van der Waals surface area (Å²) in [5, 5.41) is 2.95. The number of rotatable bonds is 5. The van der Waals surface area contributed by atoms with Gasteiger partial charge in [0.05, 0.1) is 19.3 Å². The first-order valence-electron chi connectivity index (χ1n) is 9.74. The molecule has 152 valence electrons. The number of fused-ring (bicyclic) bond motifs is 2. The van der Waals surface area contributed by atoms with E-state index in [2.05, 4.69) is 5.32 Å². The zero-order valence-electron chi connectivity index (χ0n) is 15.9. The summed E-state index contributed by atoms with van der Waals surface area (Å²) < 4.78 is 24.8. The fraction of sp³-hybridized carbons (Fsp3) is 0.364. The Bertz CT molecular complexity index is 933. The van der Waals surface area contributed by atoms with Crippen LogP contribution in [0, 0.1) is 5.82 Å². The highest BCUT2D eigenvalue weighted by Gasteiger charge is 2.23. The predicted molar refractivity (Wildman–Crippen MR) is 108 cm³/mol. The van der Waals surface area contributed by atoms with Gasteiger partial charge in [-0.25, -0.2) is 4.39 Å². The molecule has 0 saturated carbocycles. The number of thioether (sulfide) groups is 1. The second kappa shape index (κ2) is 8.86. The van der Waals surface area contributed by atoms with E-state index >= 15 is 0 Å². The van der Waals surface area contributed by atoms with Crippen LogP contribution in [0.2, 0.25) is 0 Å². The third kappa shape index (κ3) is 4.72. The zero-order valence-corrected chi connectivity index (χ0v) is 16.7. The molecule has 2 aromatic carbocycles. The summed E-state index contributed by atoms with van der Waals surface area (Å²) in [4.78, 5) is 25.9. The molecule has 7 heteroatoms. The van der Waals surface area contributed by atoms with Gasteiger partial charge in [0.1, 0.15) is 5.82 Å². The molecular formula is C22H22FNO4S. The monoisotopic (exact) mass is 415 g/mol. The van der Waals surface area contributed by atoms with E-state index in [0.717, 1.165) is 29.1 Å². The number of ketones is 1. The van der Waals surface area contributed by atoms with E-state index in [1.54, 1.807) is 36.0 Å². The standard InChI is InChI=1S/C22H22FNO4S/c23-15-3-6-21-16(13-15)17(8-11-29-21)24-22(26)7-4-18(25)14-2-5-19-20(12-14)28-10-1-9-27-19/h2-3,5-6,12-13,17H,1,4,7-11H2,(H,24,26). The fourth-order valence-corrected chi connectivity index (χ4v) is 4.60. The molecule has 0 spiro atoms. The van der Waals surface area contributed by atoms with Crippen molar-refractivity contribution < 1.29 is 23.5 Å². The molecule has 29 heavy (non-hydrogen) atoms. The molecule has 4 rings (SSSR count). The van der Waals surface area contributed by atoms with Gasteiger partial charge in [0.2, 0.25) is 5.91 Å². The van der Waals surface area contributed by atoms with Crippen molar-refractivity contribution in [1.82, 2.24) is 5.32 Å². The van der Waals surface area contributed by atoms with Crippen molar-refractivity contribution in [3.63, 3.8) is 0 Å². The first kappa shape index (κ1) is 19.8. The molecule has 0 fully saturated rings. The summed E-state index contributed by atoms with van der Waals surface area (Å²) in [5.41, 5.74) is 1.31. The quantitative estimate of drug-likeness (QED) is 0.738. The minimum absolute atomic E-state index is 0.0849. The van der Waals surface area contributed by atoms with E-state index in [1.807, 2.05) is 0 Å². The number of carbonyl (C=O) groups is 2. The van der Waals surface area contributed by atoms with Crippen LogP contribution in [0.15, 0.2) is 41.3 Å². The first-order chi connectivity index (χ1) is 14.1. The summed E-state index contributed by atoms with van der Waals surface area (Å²) in [7, 11) is 0. The summed E-state index contributed by atoms with van der Waals surface area (Å²) in [5.74, 6) is 1.42. The second-order valence-corrected chi connectivity index (χ2v) is 8.21. The summed E-state index contributed by atoms with van der Waals surface area (Å²) in [6.45, 7) is 1.14. The number of amides is 1. The summed E-state index contributed by atoms with van der Waals surface area (Å²) in [6, 6.07) is 9.56. The third-order valence-corrected chi connectivity index (χ3v) is 6.12. The molecule has 2 aromatic rings. The molecule has 0 radical (unpaired) electrons. The number of benzene rings is 2. The Labute approximate surface area is 173 Å². The molecule has 5 nitrogen and oxygen atoms in total. The van der Waals surface area contributed by atoms with Crippen LogP contribution < -0.4 is 14.8 Å². The van der Waals surface area contributed by atoms with E-state index < -0.39 is 0 Å². The minimum atomic E-state index is -0.310. The van der Waals surface area contributed by atoms with Crippen molar-refractivity contribution in [2.45, 2.75) is 36.6 Å². The number of halogens is 1. The Balaban J connectivity index is 1.35. The number of nitrogens with one attached hydrogen (secondary N) is 1. The van der Waals surface area contributed by atoms with Crippen molar-refractivity contribution in [3.8, 4) is 11.5 Å². The highest BCUT2D eigenvalue weighted by Crippen LogP contribution is 2.36. The van der Waals surface area contributed by atoms with Gasteiger partial charge in [0.15, 0.2) is 17.3 Å². The van der Waals surface area contributed by atoms with Crippen LogP contribution in [0.25, 0.3) is 0 Å². The van der Waals surface area contributed by atoms with Gasteiger partial charge in [0, 0.05) is 35.5 Å². The highest BCUT2D eigenvalue weighted by atomic mass is 32.2. The van der Waals surface area contributed by atoms with Crippen molar-refractivity contribution in [1.29, 1.82) is 0 Å². The molecule has 0 aromatic heterocycles. The van der Waals surface area contributed by atoms with Gasteiger partial charge in [-0.1, -0.05) is 0 Å². The second-order valence-electron chi connectivity index (χ2n) is 7.07. The molecular weight excluding hydrogens is 393 g/mol. The Morgan fingerprint density at radius 2 is 1.90 bits per heavy atom. The van der Waals surface area contributed by atoms with Gasteiger partial charge in [-0.2, -0.15) is 0 Å². The molecule has 0 saturated heterocycles. The normalized spacial score (nSPS) is 17.8. The number of hydrogen-bond acceptors (Lipinski definition) is 5. The Morgan fingerprint density at radius 3 is 2.76 bits per heavy atom. The molecule has 2 aliphatic heterocycles. The van der Waals surface area contributed by atoms with Gasteiger partial charge in [-0.15, -0.1) is 11.8 Å². The Hall–Kier alpha value is -2.54. The average Bonchev–Trinajstić information content (AvgIpc) is 2.97. The fourth-order valence-electron chi connectivity index (χ4n) is 3.49. The molecule has 2 aliphatic rings. The van der Waals surface area contributed by atoms with Crippen molar-refractivity contribution in [2.75, 3.05) is 19.0 Å². The number of carbonyl (C=O) groups excluding carboxylic acids is 2. The van der Waals surface area contributed by atoms with E-state index in [4.69, 9.17) is 9.47 Å². The summed E-state index contributed by atoms with van der Waals surface area (Å²) in [6.07, 6.45) is 1.72. The third-order valence-electron chi connectivity index (χ3n) is 5.00. The van der Waals surface area contributed by atoms with Crippen molar-refractivity contribution >= 4 is 23.5 Å². The average molecular weight is 415 g/mol. The van der Waals surface area contributed by atoms with E-state index in [1.165, 1.54) is 12.1 Å². The molecule has 2 heterocycles. The van der Waals surface area contributed by atoms with Crippen LogP contribution >= 0.6 is 11.8 Å². The van der Waals surface area contributed by atoms with Gasteiger partial charge in [0.25, 0.3) is 0 Å². The van der Waals surface area contributed by atoms with Gasteiger partial charge in [-0.05, 0) is 48.4 Å². The van der Waals surface area contributed by atoms with Gasteiger partial charge < -0.3 is 14.8 Å². The van der Waals surface area contributed by atoms with Gasteiger partial charge in [-0.3, -0.25) is 9.59 Å². The number of hydrogen-bond donors (Lipinski definition) is 1. The largest absolute Gasteiger partial charge is 0.490 e. The maximum Gasteiger partial charge on any atom is 0.220 e. The molecule has 1 unspecified atom stereocenters. The Morgan fingerprint density at radius 1 is 1.07 bits per heavy atom. The van der Waals surface area contributed by atoms with Crippen LogP contribution in [0.5, 0.6) is 11.5 Å². The maximum absolute atomic E-state index is 13.6. The van der Waals surface area contributed by atoms with Gasteiger partial charge >= 0.3 is 0 Å².